The van der Waals surface area contributed by atoms with Gasteiger partial charge in [0, 0.05) is 23.7 Å². The Morgan fingerprint density at radius 1 is 1.53 bits per heavy atom. The van der Waals surface area contributed by atoms with E-state index < -0.39 is 11.5 Å². The molecule has 0 saturated heterocycles. The summed E-state index contributed by atoms with van der Waals surface area (Å²) in [5, 5.41) is 13.7. The van der Waals surface area contributed by atoms with Crippen LogP contribution in [0.25, 0.3) is 0 Å². The first-order valence-corrected chi connectivity index (χ1v) is 7.34. The molecule has 2 rings (SSSR count). The summed E-state index contributed by atoms with van der Waals surface area (Å²) in [6, 6.07) is 1.94. The summed E-state index contributed by atoms with van der Waals surface area (Å²) >= 11 is 1.57. The molecule has 1 aliphatic rings. The summed E-state index contributed by atoms with van der Waals surface area (Å²) in [4.78, 5) is 19.9. The molecule has 1 heterocycles. The molecule has 2 unspecified atom stereocenters. The van der Waals surface area contributed by atoms with Gasteiger partial charge in [-0.2, -0.15) is 0 Å². The van der Waals surface area contributed by atoms with Crippen LogP contribution in [0.1, 0.15) is 33.1 Å². The lowest BCUT2D eigenvalue weighted by atomic mass is 9.97. The maximum atomic E-state index is 11.6. The summed E-state index contributed by atoms with van der Waals surface area (Å²) in [6.07, 6.45) is 5.56. The molecule has 6 heteroatoms. The molecule has 0 aromatic carbocycles. The van der Waals surface area contributed by atoms with Crippen molar-refractivity contribution in [2.45, 2.75) is 55.1 Å². The third-order valence-electron chi connectivity index (χ3n) is 3.26. The van der Waals surface area contributed by atoms with Crippen molar-refractivity contribution in [2.75, 3.05) is 0 Å². The molecule has 0 spiro atoms. The third-order valence-corrected chi connectivity index (χ3v) is 4.42. The number of aromatic nitrogens is 2. The van der Waals surface area contributed by atoms with Crippen molar-refractivity contribution in [1.82, 2.24) is 15.3 Å². The topological polar surface area (TPSA) is 75.1 Å². The van der Waals surface area contributed by atoms with E-state index in [4.69, 9.17) is 0 Å². The minimum absolute atomic E-state index is 0.160. The Bertz CT molecular complexity index is 441. The Morgan fingerprint density at radius 3 is 2.79 bits per heavy atom. The number of nitrogens with zero attached hydrogens (tertiary/aromatic N) is 2. The van der Waals surface area contributed by atoms with E-state index in [1.807, 2.05) is 13.8 Å². The minimum Gasteiger partial charge on any atom is -0.480 e. The molecule has 1 saturated carbocycles. The van der Waals surface area contributed by atoms with Gasteiger partial charge in [-0.1, -0.05) is 11.8 Å². The van der Waals surface area contributed by atoms with Crippen LogP contribution in [0, 0.1) is 0 Å². The van der Waals surface area contributed by atoms with Gasteiger partial charge in [-0.05, 0) is 39.2 Å². The Hall–Kier alpha value is -1.14. The maximum absolute atomic E-state index is 11.6. The van der Waals surface area contributed by atoms with E-state index in [-0.39, 0.29) is 11.3 Å². The molecule has 1 aromatic rings. The predicted molar refractivity (Wildman–Crippen MR) is 74.2 cm³/mol. The van der Waals surface area contributed by atoms with Crippen LogP contribution in [0.15, 0.2) is 23.6 Å². The lowest BCUT2D eigenvalue weighted by Gasteiger charge is -2.28. The van der Waals surface area contributed by atoms with Crippen LogP contribution >= 0.6 is 11.8 Å². The summed E-state index contributed by atoms with van der Waals surface area (Å²) in [5.74, 6) is -0.752. The van der Waals surface area contributed by atoms with Crippen LogP contribution in [0.2, 0.25) is 0 Å². The standard InChI is InChI=1S/C13H19N3O2S/c1-9(2)16-13(11(17)18)5-4-10(8-13)19-12-14-6-3-7-15-12/h3,6-7,9-10,16H,4-5,8H2,1-2H3,(H,17,18). The Labute approximate surface area is 117 Å². The molecular formula is C13H19N3O2S. The Kier molecular flexibility index (Phi) is 4.42. The van der Waals surface area contributed by atoms with Crippen LogP contribution in [0.5, 0.6) is 0 Å². The number of rotatable bonds is 5. The van der Waals surface area contributed by atoms with Gasteiger partial charge < -0.3 is 5.11 Å². The van der Waals surface area contributed by atoms with Gasteiger partial charge in [0.05, 0.1) is 0 Å². The summed E-state index contributed by atoms with van der Waals surface area (Å²) in [7, 11) is 0. The van der Waals surface area contributed by atoms with Gasteiger partial charge in [0.1, 0.15) is 5.54 Å². The second-order valence-corrected chi connectivity index (χ2v) is 6.47. The van der Waals surface area contributed by atoms with Crippen molar-refractivity contribution in [3.63, 3.8) is 0 Å². The molecule has 0 bridgehead atoms. The van der Waals surface area contributed by atoms with E-state index in [9.17, 15) is 9.90 Å². The first-order chi connectivity index (χ1) is 9.02. The zero-order valence-electron chi connectivity index (χ0n) is 11.2. The van der Waals surface area contributed by atoms with E-state index in [0.29, 0.717) is 12.8 Å². The van der Waals surface area contributed by atoms with Crippen molar-refractivity contribution in [1.29, 1.82) is 0 Å². The highest BCUT2D eigenvalue weighted by atomic mass is 32.2. The molecule has 0 aliphatic heterocycles. The van der Waals surface area contributed by atoms with Crippen molar-refractivity contribution >= 4 is 17.7 Å². The fraction of sp³-hybridized carbons (Fsp3) is 0.615. The number of hydrogen-bond donors (Lipinski definition) is 2. The van der Waals surface area contributed by atoms with Gasteiger partial charge in [-0.25, -0.2) is 9.97 Å². The zero-order valence-corrected chi connectivity index (χ0v) is 12.0. The summed E-state index contributed by atoms with van der Waals surface area (Å²) in [5.41, 5.74) is -0.791. The smallest absolute Gasteiger partial charge is 0.323 e. The highest BCUT2D eigenvalue weighted by Crippen LogP contribution is 2.39. The van der Waals surface area contributed by atoms with Crippen molar-refractivity contribution in [3.8, 4) is 0 Å². The molecule has 2 N–H and O–H groups in total. The molecule has 5 nitrogen and oxygen atoms in total. The first-order valence-electron chi connectivity index (χ1n) is 6.46. The van der Waals surface area contributed by atoms with E-state index in [1.165, 1.54) is 0 Å². The molecule has 0 amide bonds. The molecule has 0 radical (unpaired) electrons. The molecule has 1 aliphatic carbocycles. The minimum atomic E-state index is -0.791. The second-order valence-electron chi connectivity index (χ2n) is 5.20. The fourth-order valence-corrected chi connectivity index (χ4v) is 3.68. The van der Waals surface area contributed by atoms with Crippen LogP contribution in [-0.4, -0.2) is 37.9 Å². The van der Waals surface area contributed by atoms with Crippen LogP contribution in [-0.2, 0) is 4.79 Å². The van der Waals surface area contributed by atoms with Crippen molar-refractivity contribution < 1.29 is 9.90 Å². The maximum Gasteiger partial charge on any atom is 0.323 e. The first kappa shape index (κ1) is 14.3. The fourth-order valence-electron chi connectivity index (χ4n) is 2.54. The predicted octanol–water partition coefficient (Wildman–Crippen LogP) is 1.94. The van der Waals surface area contributed by atoms with Crippen LogP contribution in [0.3, 0.4) is 0 Å². The van der Waals surface area contributed by atoms with Crippen LogP contribution < -0.4 is 5.32 Å². The summed E-state index contributed by atoms with van der Waals surface area (Å²) < 4.78 is 0. The monoisotopic (exact) mass is 281 g/mol. The molecule has 1 aromatic heterocycles. The van der Waals surface area contributed by atoms with Gasteiger partial charge in [0.2, 0.25) is 0 Å². The number of carboxylic acids is 1. The number of carbonyl (C=O) groups is 1. The Balaban J connectivity index is 2.03. The number of nitrogens with one attached hydrogen (secondary N) is 1. The quantitative estimate of drug-likeness (QED) is 0.803. The molecule has 1 fully saturated rings. The average molecular weight is 281 g/mol. The molecule has 19 heavy (non-hydrogen) atoms. The van der Waals surface area contributed by atoms with Gasteiger partial charge in [-0.15, -0.1) is 0 Å². The average Bonchev–Trinajstić information content (AvgIpc) is 2.74. The third kappa shape index (κ3) is 3.45. The van der Waals surface area contributed by atoms with Gasteiger partial charge in [0.15, 0.2) is 5.16 Å². The second kappa shape index (κ2) is 5.88. The van der Waals surface area contributed by atoms with E-state index in [0.717, 1.165) is 11.6 Å². The van der Waals surface area contributed by atoms with Crippen LogP contribution in [0.4, 0.5) is 0 Å². The van der Waals surface area contributed by atoms with Gasteiger partial charge >= 0.3 is 5.97 Å². The lowest BCUT2D eigenvalue weighted by Crippen LogP contribution is -2.53. The van der Waals surface area contributed by atoms with Gasteiger partial charge in [-0.3, -0.25) is 10.1 Å². The molecule has 104 valence electrons. The van der Waals surface area contributed by atoms with Crippen molar-refractivity contribution in [2.24, 2.45) is 0 Å². The van der Waals surface area contributed by atoms with Crippen molar-refractivity contribution in [3.05, 3.63) is 18.5 Å². The highest BCUT2D eigenvalue weighted by molar-refractivity contribution is 7.99. The number of carboxylic acid groups (broad SMARTS) is 1. The number of hydrogen-bond acceptors (Lipinski definition) is 5. The molecular weight excluding hydrogens is 262 g/mol. The van der Waals surface area contributed by atoms with E-state index in [2.05, 4.69) is 15.3 Å². The molecule has 2 atom stereocenters. The summed E-state index contributed by atoms with van der Waals surface area (Å²) in [6.45, 7) is 3.96. The lowest BCUT2D eigenvalue weighted by molar-refractivity contribution is -0.145. The number of thioether (sulfide) groups is 1. The highest BCUT2D eigenvalue weighted by Gasteiger charge is 2.46. The van der Waals surface area contributed by atoms with Gasteiger partial charge in [0.25, 0.3) is 0 Å². The van der Waals surface area contributed by atoms with E-state index >= 15 is 0 Å². The Morgan fingerprint density at radius 2 is 2.21 bits per heavy atom. The SMILES string of the molecule is CC(C)NC1(C(=O)O)CCC(Sc2ncccn2)C1. The number of aliphatic carboxylic acids is 1. The largest absolute Gasteiger partial charge is 0.480 e. The van der Waals surface area contributed by atoms with E-state index in [1.54, 1.807) is 30.2 Å². The zero-order chi connectivity index (χ0) is 13.9. The normalized spacial score (nSPS) is 26.8.